The van der Waals surface area contributed by atoms with E-state index in [9.17, 15) is 4.79 Å². The third-order valence-corrected chi connectivity index (χ3v) is 2.16. The summed E-state index contributed by atoms with van der Waals surface area (Å²) in [5, 5.41) is 6.89. The second-order valence-electron chi connectivity index (χ2n) is 3.29. The van der Waals surface area contributed by atoms with Gasteiger partial charge in [-0.2, -0.15) is 0 Å². The van der Waals surface area contributed by atoms with Gasteiger partial charge in [-0.15, -0.1) is 5.10 Å². The van der Waals surface area contributed by atoms with Crippen LogP contribution in [0.2, 0.25) is 0 Å². The maximum atomic E-state index is 10.9. The first-order valence-electron chi connectivity index (χ1n) is 4.83. The molecule has 2 aromatic rings. The molecule has 1 amide bonds. The molecule has 0 fully saturated rings. The van der Waals surface area contributed by atoms with Crippen LogP contribution in [0.1, 0.15) is 12.5 Å². The topological polar surface area (TPSA) is 68.5 Å². The fourth-order valence-electron chi connectivity index (χ4n) is 1.45. The maximum Gasteiger partial charge on any atom is 0.240 e. The largest absolute Gasteiger partial charge is 0.480 e. The predicted octanol–water partition coefficient (Wildman–Crippen LogP) is 0.374. The number of methoxy groups -OCH3 is 1. The van der Waals surface area contributed by atoms with Crippen LogP contribution in [0.3, 0.4) is 0 Å². The molecule has 84 valence electrons. The standard InChI is InChI=1S/C10H12N4O2/c1-7(15)12-6-8-9-11-4-3-5-14(9)13-10(8)16-2/h3-5H,6H2,1-2H3,(H,12,15). The first-order chi connectivity index (χ1) is 7.72. The van der Waals surface area contributed by atoms with E-state index in [4.69, 9.17) is 4.74 Å². The Morgan fingerprint density at radius 3 is 3.12 bits per heavy atom. The van der Waals surface area contributed by atoms with Gasteiger partial charge in [-0.1, -0.05) is 0 Å². The monoisotopic (exact) mass is 220 g/mol. The number of rotatable bonds is 3. The van der Waals surface area contributed by atoms with Crippen LogP contribution in [0.15, 0.2) is 18.5 Å². The summed E-state index contributed by atoms with van der Waals surface area (Å²) in [6.07, 6.45) is 3.45. The van der Waals surface area contributed by atoms with E-state index in [0.717, 1.165) is 5.56 Å². The molecular formula is C10H12N4O2. The molecule has 0 radical (unpaired) electrons. The van der Waals surface area contributed by atoms with E-state index in [1.807, 2.05) is 0 Å². The highest BCUT2D eigenvalue weighted by Gasteiger charge is 2.13. The van der Waals surface area contributed by atoms with E-state index >= 15 is 0 Å². The molecule has 0 atom stereocenters. The van der Waals surface area contributed by atoms with Crippen LogP contribution in [0.5, 0.6) is 5.88 Å². The van der Waals surface area contributed by atoms with Crippen molar-refractivity contribution in [1.29, 1.82) is 0 Å². The normalized spacial score (nSPS) is 10.4. The molecule has 1 N–H and O–H groups in total. The molecule has 0 spiro atoms. The van der Waals surface area contributed by atoms with E-state index in [2.05, 4.69) is 15.4 Å². The predicted molar refractivity (Wildman–Crippen MR) is 57.1 cm³/mol. The van der Waals surface area contributed by atoms with Crippen LogP contribution in [-0.4, -0.2) is 27.6 Å². The summed E-state index contributed by atoms with van der Waals surface area (Å²) in [5.41, 5.74) is 1.46. The number of hydrogen-bond donors (Lipinski definition) is 1. The highest BCUT2D eigenvalue weighted by molar-refractivity contribution is 5.73. The zero-order valence-corrected chi connectivity index (χ0v) is 9.10. The van der Waals surface area contributed by atoms with Crippen LogP contribution < -0.4 is 10.1 Å². The molecule has 2 heterocycles. The number of nitrogens with one attached hydrogen (secondary N) is 1. The molecule has 0 aliphatic carbocycles. The zero-order valence-electron chi connectivity index (χ0n) is 9.10. The summed E-state index contributed by atoms with van der Waals surface area (Å²) in [5.74, 6) is 0.379. The number of carbonyl (C=O) groups is 1. The van der Waals surface area contributed by atoms with Gasteiger partial charge in [-0.3, -0.25) is 4.79 Å². The molecule has 0 aliphatic rings. The van der Waals surface area contributed by atoms with Crippen molar-refractivity contribution < 1.29 is 9.53 Å². The van der Waals surface area contributed by atoms with E-state index in [1.54, 1.807) is 30.1 Å². The van der Waals surface area contributed by atoms with Gasteiger partial charge in [0.15, 0.2) is 5.65 Å². The zero-order chi connectivity index (χ0) is 11.5. The Morgan fingerprint density at radius 1 is 1.62 bits per heavy atom. The summed E-state index contributed by atoms with van der Waals surface area (Å²) >= 11 is 0. The molecule has 16 heavy (non-hydrogen) atoms. The number of nitrogens with zero attached hydrogens (tertiary/aromatic N) is 3. The fraction of sp³-hybridized carbons (Fsp3) is 0.300. The Hall–Kier alpha value is -2.11. The van der Waals surface area contributed by atoms with Crippen molar-refractivity contribution in [2.75, 3.05) is 7.11 Å². The van der Waals surface area contributed by atoms with Crippen molar-refractivity contribution in [2.24, 2.45) is 0 Å². The van der Waals surface area contributed by atoms with Crippen molar-refractivity contribution in [3.63, 3.8) is 0 Å². The van der Waals surface area contributed by atoms with Crippen molar-refractivity contribution in [3.8, 4) is 5.88 Å². The lowest BCUT2D eigenvalue weighted by Crippen LogP contribution is -2.19. The minimum Gasteiger partial charge on any atom is -0.480 e. The molecule has 6 heteroatoms. The van der Waals surface area contributed by atoms with E-state index in [1.165, 1.54) is 6.92 Å². The maximum absolute atomic E-state index is 10.9. The van der Waals surface area contributed by atoms with Crippen LogP contribution in [0, 0.1) is 0 Å². The van der Waals surface area contributed by atoms with Gasteiger partial charge in [0, 0.05) is 19.3 Å². The van der Waals surface area contributed by atoms with E-state index in [0.29, 0.717) is 18.1 Å². The summed E-state index contributed by atoms with van der Waals surface area (Å²) in [7, 11) is 1.54. The summed E-state index contributed by atoms with van der Waals surface area (Å²) in [6, 6.07) is 1.78. The highest BCUT2D eigenvalue weighted by atomic mass is 16.5. The molecule has 0 aliphatic heterocycles. The molecule has 0 bridgehead atoms. The smallest absolute Gasteiger partial charge is 0.240 e. The number of hydrogen-bond acceptors (Lipinski definition) is 4. The fourth-order valence-corrected chi connectivity index (χ4v) is 1.45. The average molecular weight is 220 g/mol. The van der Waals surface area contributed by atoms with Gasteiger partial charge in [0.1, 0.15) is 0 Å². The Kier molecular flexibility index (Phi) is 2.72. The van der Waals surface area contributed by atoms with Crippen LogP contribution in [0.25, 0.3) is 5.65 Å². The Bertz CT molecular complexity index is 521. The van der Waals surface area contributed by atoms with Gasteiger partial charge in [0.2, 0.25) is 11.8 Å². The van der Waals surface area contributed by atoms with Gasteiger partial charge in [0.25, 0.3) is 0 Å². The molecule has 0 saturated heterocycles. The lowest BCUT2D eigenvalue weighted by molar-refractivity contribution is -0.119. The Morgan fingerprint density at radius 2 is 2.44 bits per heavy atom. The first-order valence-corrected chi connectivity index (χ1v) is 4.83. The number of amides is 1. The van der Waals surface area contributed by atoms with Crippen molar-refractivity contribution >= 4 is 11.6 Å². The van der Waals surface area contributed by atoms with Gasteiger partial charge in [-0.05, 0) is 6.07 Å². The highest BCUT2D eigenvalue weighted by Crippen LogP contribution is 2.19. The first kappa shape index (κ1) is 10.4. The third-order valence-electron chi connectivity index (χ3n) is 2.16. The molecule has 2 aromatic heterocycles. The molecule has 0 saturated carbocycles. The minimum atomic E-state index is -0.0997. The van der Waals surface area contributed by atoms with Crippen LogP contribution in [-0.2, 0) is 11.3 Å². The van der Waals surface area contributed by atoms with Crippen LogP contribution in [0.4, 0.5) is 0 Å². The van der Waals surface area contributed by atoms with Crippen molar-refractivity contribution in [1.82, 2.24) is 19.9 Å². The number of ether oxygens (including phenoxy) is 1. The van der Waals surface area contributed by atoms with Crippen LogP contribution >= 0.6 is 0 Å². The Labute approximate surface area is 92.2 Å². The van der Waals surface area contributed by atoms with Crippen molar-refractivity contribution in [3.05, 3.63) is 24.0 Å². The van der Waals surface area contributed by atoms with Gasteiger partial charge >= 0.3 is 0 Å². The molecular weight excluding hydrogens is 208 g/mol. The molecule has 2 rings (SSSR count). The Balaban J connectivity index is 2.43. The van der Waals surface area contributed by atoms with E-state index in [-0.39, 0.29) is 5.91 Å². The second-order valence-corrected chi connectivity index (χ2v) is 3.29. The molecule has 0 aromatic carbocycles. The minimum absolute atomic E-state index is 0.0997. The van der Waals surface area contributed by atoms with Crippen molar-refractivity contribution in [2.45, 2.75) is 13.5 Å². The molecule has 6 nitrogen and oxygen atoms in total. The summed E-state index contributed by atoms with van der Waals surface area (Å²) in [4.78, 5) is 15.1. The quantitative estimate of drug-likeness (QED) is 0.811. The number of aromatic nitrogens is 3. The number of fused-ring (bicyclic) bond motifs is 1. The van der Waals surface area contributed by atoms with Gasteiger partial charge < -0.3 is 10.1 Å². The third kappa shape index (κ3) is 1.81. The number of carbonyl (C=O) groups excluding carboxylic acids is 1. The molecule has 0 unspecified atom stereocenters. The average Bonchev–Trinajstić information content (AvgIpc) is 2.64. The summed E-state index contributed by atoms with van der Waals surface area (Å²) in [6.45, 7) is 1.82. The lowest BCUT2D eigenvalue weighted by atomic mass is 10.3. The van der Waals surface area contributed by atoms with Gasteiger partial charge in [0.05, 0.1) is 19.2 Å². The lowest BCUT2D eigenvalue weighted by Gasteiger charge is -2.01. The second kappa shape index (κ2) is 4.18. The SMILES string of the molecule is COc1nn2cccnc2c1CNC(C)=O. The summed E-state index contributed by atoms with van der Waals surface area (Å²) < 4.78 is 6.76. The van der Waals surface area contributed by atoms with E-state index < -0.39 is 0 Å². The van der Waals surface area contributed by atoms with Gasteiger partial charge in [-0.25, -0.2) is 9.50 Å².